The van der Waals surface area contributed by atoms with Gasteiger partial charge in [0.15, 0.2) is 0 Å². The minimum absolute atomic E-state index is 0.0362. The number of benzene rings is 1. The van der Waals surface area contributed by atoms with Crippen molar-refractivity contribution in [3.05, 3.63) is 35.9 Å². The molecular weight excluding hydrogens is 268 g/mol. The third-order valence-corrected chi connectivity index (χ3v) is 4.04. The first-order chi connectivity index (χ1) is 9.50. The van der Waals surface area contributed by atoms with Gasteiger partial charge in [0.2, 0.25) is 5.91 Å². The molecule has 0 aromatic heterocycles. The number of hydrogen-bond acceptors (Lipinski definition) is 3. The van der Waals surface area contributed by atoms with Crippen molar-refractivity contribution in [3.8, 4) is 0 Å². The van der Waals surface area contributed by atoms with Crippen LogP contribution in [-0.4, -0.2) is 36.2 Å². The van der Waals surface area contributed by atoms with E-state index in [-0.39, 0.29) is 17.1 Å². The Morgan fingerprint density at radius 2 is 1.95 bits per heavy atom. The van der Waals surface area contributed by atoms with Gasteiger partial charge >= 0.3 is 0 Å². The predicted molar refractivity (Wildman–Crippen MR) is 88.0 cm³/mol. The average molecular weight is 294 g/mol. The highest BCUT2D eigenvalue weighted by molar-refractivity contribution is 7.81. The normalized spacial score (nSPS) is 12.7. The lowest BCUT2D eigenvalue weighted by Gasteiger charge is -2.18. The molecule has 1 unspecified atom stereocenters. The van der Waals surface area contributed by atoms with Gasteiger partial charge in [-0.2, -0.15) is 12.6 Å². The molecule has 1 aromatic rings. The second-order valence-electron chi connectivity index (χ2n) is 5.56. The molecule has 1 atom stereocenters. The van der Waals surface area contributed by atoms with Gasteiger partial charge in [0.05, 0.1) is 5.25 Å². The van der Waals surface area contributed by atoms with E-state index in [1.54, 1.807) is 0 Å². The van der Waals surface area contributed by atoms with Crippen LogP contribution in [0.15, 0.2) is 30.3 Å². The molecule has 4 heteroatoms. The van der Waals surface area contributed by atoms with E-state index in [2.05, 4.69) is 54.2 Å². The van der Waals surface area contributed by atoms with Crippen LogP contribution < -0.4 is 5.32 Å². The van der Waals surface area contributed by atoms with Gasteiger partial charge in [-0.1, -0.05) is 44.2 Å². The van der Waals surface area contributed by atoms with Crippen molar-refractivity contribution < 1.29 is 4.79 Å². The quantitative estimate of drug-likeness (QED) is 0.570. The Balaban J connectivity index is 2.16. The summed E-state index contributed by atoms with van der Waals surface area (Å²) in [5, 5.41) is 2.73. The Morgan fingerprint density at radius 1 is 1.30 bits per heavy atom. The molecule has 112 valence electrons. The molecule has 0 aliphatic heterocycles. The maximum atomic E-state index is 11.7. The molecule has 1 rings (SSSR count). The first-order valence-corrected chi connectivity index (χ1v) is 7.70. The molecule has 0 aliphatic carbocycles. The van der Waals surface area contributed by atoms with Gasteiger partial charge in [-0.3, -0.25) is 4.79 Å². The van der Waals surface area contributed by atoms with Crippen molar-refractivity contribution in [1.29, 1.82) is 0 Å². The van der Waals surface area contributed by atoms with E-state index in [0.717, 1.165) is 19.5 Å². The highest BCUT2D eigenvalue weighted by atomic mass is 32.1. The fourth-order valence-corrected chi connectivity index (χ4v) is 2.03. The van der Waals surface area contributed by atoms with E-state index in [0.29, 0.717) is 6.54 Å². The molecule has 0 saturated carbocycles. The number of nitrogens with zero attached hydrogens (tertiary/aromatic N) is 1. The molecule has 0 saturated heterocycles. The number of carbonyl (C=O) groups is 1. The molecule has 1 aromatic carbocycles. The summed E-state index contributed by atoms with van der Waals surface area (Å²) in [6.07, 6.45) is 0.952. The van der Waals surface area contributed by atoms with Crippen molar-refractivity contribution in [2.45, 2.75) is 32.1 Å². The monoisotopic (exact) mass is 294 g/mol. The van der Waals surface area contributed by atoms with Crippen LogP contribution >= 0.6 is 12.6 Å². The van der Waals surface area contributed by atoms with E-state index in [1.165, 1.54) is 5.56 Å². The second-order valence-corrected chi connectivity index (χ2v) is 6.11. The zero-order valence-corrected chi connectivity index (χ0v) is 13.6. The molecule has 3 nitrogen and oxygen atoms in total. The standard InChI is InChI=1S/C16H26N2OS/c1-13(2)15(20)16(19)17-10-7-11-18(3)12-14-8-5-4-6-9-14/h4-6,8-9,13,15,20H,7,10-12H2,1-3H3,(H,17,19). The molecule has 0 aliphatic rings. The highest BCUT2D eigenvalue weighted by Gasteiger charge is 2.16. The van der Waals surface area contributed by atoms with Crippen LogP contribution in [0.4, 0.5) is 0 Å². The Hall–Kier alpha value is -1.00. The van der Waals surface area contributed by atoms with Crippen LogP contribution in [0.3, 0.4) is 0 Å². The molecule has 0 bridgehead atoms. The summed E-state index contributed by atoms with van der Waals surface area (Å²) >= 11 is 4.31. The van der Waals surface area contributed by atoms with Gasteiger partial charge in [0.25, 0.3) is 0 Å². The number of nitrogens with one attached hydrogen (secondary N) is 1. The van der Waals surface area contributed by atoms with E-state index in [9.17, 15) is 4.79 Å². The number of amides is 1. The van der Waals surface area contributed by atoms with Crippen LogP contribution in [0.5, 0.6) is 0 Å². The fourth-order valence-electron chi connectivity index (χ4n) is 1.94. The van der Waals surface area contributed by atoms with Gasteiger partial charge < -0.3 is 10.2 Å². The van der Waals surface area contributed by atoms with E-state index >= 15 is 0 Å². The fraction of sp³-hybridized carbons (Fsp3) is 0.562. The number of rotatable bonds is 8. The van der Waals surface area contributed by atoms with E-state index in [4.69, 9.17) is 0 Å². The first kappa shape index (κ1) is 17.1. The highest BCUT2D eigenvalue weighted by Crippen LogP contribution is 2.08. The van der Waals surface area contributed by atoms with Crippen LogP contribution in [0.2, 0.25) is 0 Å². The third kappa shape index (κ3) is 6.44. The van der Waals surface area contributed by atoms with Crippen molar-refractivity contribution >= 4 is 18.5 Å². The lowest BCUT2D eigenvalue weighted by Crippen LogP contribution is -2.36. The lowest BCUT2D eigenvalue weighted by molar-refractivity contribution is -0.121. The first-order valence-electron chi connectivity index (χ1n) is 7.19. The molecule has 20 heavy (non-hydrogen) atoms. The minimum atomic E-state index is -0.211. The summed E-state index contributed by atoms with van der Waals surface area (Å²) in [5.74, 6) is 0.299. The molecule has 0 fully saturated rings. The summed E-state index contributed by atoms with van der Waals surface area (Å²) in [5.41, 5.74) is 1.31. The predicted octanol–water partition coefficient (Wildman–Crippen LogP) is 2.58. The average Bonchev–Trinajstić information content (AvgIpc) is 2.43. The van der Waals surface area contributed by atoms with E-state index in [1.807, 2.05) is 19.9 Å². The number of hydrogen-bond donors (Lipinski definition) is 2. The SMILES string of the molecule is CC(C)C(S)C(=O)NCCCN(C)Cc1ccccc1. The topological polar surface area (TPSA) is 32.3 Å². The Bertz CT molecular complexity index is 395. The molecule has 0 radical (unpaired) electrons. The summed E-state index contributed by atoms with van der Waals surface area (Å²) < 4.78 is 0. The van der Waals surface area contributed by atoms with Gasteiger partial charge in [-0.15, -0.1) is 0 Å². The maximum absolute atomic E-state index is 11.7. The molecular formula is C16H26N2OS. The Labute approximate surface area is 128 Å². The van der Waals surface area contributed by atoms with Crippen LogP contribution in [0.25, 0.3) is 0 Å². The number of thiol groups is 1. The van der Waals surface area contributed by atoms with Crippen molar-refractivity contribution in [3.63, 3.8) is 0 Å². The van der Waals surface area contributed by atoms with Gasteiger partial charge in [-0.25, -0.2) is 0 Å². The maximum Gasteiger partial charge on any atom is 0.233 e. The summed E-state index contributed by atoms with van der Waals surface area (Å²) in [7, 11) is 2.10. The van der Waals surface area contributed by atoms with Gasteiger partial charge in [0.1, 0.15) is 0 Å². The van der Waals surface area contributed by atoms with Crippen molar-refractivity contribution in [1.82, 2.24) is 10.2 Å². The van der Waals surface area contributed by atoms with E-state index < -0.39 is 0 Å². The second kappa shape index (κ2) is 9.03. The number of carbonyl (C=O) groups excluding carboxylic acids is 1. The minimum Gasteiger partial charge on any atom is -0.355 e. The van der Waals surface area contributed by atoms with Crippen molar-refractivity contribution in [2.75, 3.05) is 20.1 Å². The Kier molecular flexibility index (Phi) is 7.70. The molecule has 1 amide bonds. The lowest BCUT2D eigenvalue weighted by atomic mass is 10.1. The zero-order valence-electron chi connectivity index (χ0n) is 12.7. The van der Waals surface area contributed by atoms with Crippen molar-refractivity contribution in [2.24, 2.45) is 5.92 Å². The summed E-state index contributed by atoms with van der Waals surface area (Å²) in [6, 6.07) is 10.4. The van der Waals surface area contributed by atoms with Crippen LogP contribution in [-0.2, 0) is 11.3 Å². The molecule has 1 N–H and O–H groups in total. The largest absolute Gasteiger partial charge is 0.355 e. The summed E-state index contributed by atoms with van der Waals surface area (Å²) in [4.78, 5) is 14.0. The van der Waals surface area contributed by atoms with Gasteiger partial charge in [0, 0.05) is 13.1 Å². The van der Waals surface area contributed by atoms with Crippen LogP contribution in [0, 0.1) is 5.92 Å². The van der Waals surface area contributed by atoms with Crippen LogP contribution in [0.1, 0.15) is 25.8 Å². The van der Waals surface area contributed by atoms with Gasteiger partial charge in [-0.05, 0) is 31.5 Å². The zero-order chi connectivity index (χ0) is 15.0. The summed E-state index contributed by atoms with van der Waals surface area (Å²) in [6.45, 7) is 6.63. The Morgan fingerprint density at radius 3 is 2.55 bits per heavy atom. The smallest absolute Gasteiger partial charge is 0.233 e. The molecule has 0 spiro atoms. The third-order valence-electron chi connectivity index (χ3n) is 3.21. The molecule has 0 heterocycles.